The van der Waals surface area contributed by atoms with Crippen molar-refractivity contribution >= 4 is 12.0 Å². The first-order chi connectivity index (χ1) is 9.30. The van der Waals surface area contributed by atoms with Crippen LogP contribution in [0.25, 0.3) is 0 Å². The normalized spacial score (nSPS) is 20.4. The van der Waals surface area contributed by atoms with Crippen LogP contribution in [0.1, 0.15) is 52.9 Å². The number of amides is 2. The summed E-state index contributed by atoms with van der Waals surface area (Å²) in [6, 6.07) is -0.0510. The van der Waals surface area contributed by atoms with Crippen molar-refractivity contribution in [1.82, 2.24) is 10.2 Å². The van der Waals surface area contributed by atoms with Gasteiger partial charge in [0.1, 0.15) is 0 Å². The lowest BCUT2D eigenvalue weighted by molar-refractivity contribution is -0.137. The number of carbonyl (C=O) groups is 2. The Bertz CT molecular complexity index is 337. The van der Waals surface area contributed by atoms with Crippen LogP contribution in [0, 0.1) is 11.3 Å². The van der Waals surface area contributed by atoms with Gasteiger partial charge in [0.15, 0.2) is 0 Å². The fraction of sp³-hybridized carbons (Fsp3) is 0.867. The van der Waals surface area contributed by atoms with Crippen molar-refractivity contribution in [2.75, 3.05) is 19.6 Å². The molecule has 0 radical (unpaired) electrons. The summed E-state index contributed by atoms with van der Waals surface area (Å²) in [5.74, 6) is -0.158. The highest BCUT2D eigenvalue weighted by atomic mass is 16.4. The molecule has 5 heteroatoms. The minimum absolute atomic E-state index is 0.0510. The quantitative estimate of drug-likeness (QED) is 0.780. The number of hydrogen-bond donors (Lipinski definition) is 2. The molecule has 1 saturated heterocycles. The Labute approximate surface area is 121 Å². The van der Waals surface area contributed by atoms with Crippen molar-refractivity contribution in [1.29, 1.82) is 0 Å². The Balaban J connectivity index is 2.33. The van der Waals surface area contributed by atoms with Crippen LogP contribution in [0.4, 0.5) is 4.79 Å². The van der Waals surface area contributed by atoms with E-state index in [1.807, 2.05) is 4.90 Å². The summed E-state index contributed by atoms with van der Waals surface area (Å²) < 4.78 is 0. The van der Waals surface area contributed by atoms with E-state index in [2.05, 4.69) is 26.1 Å². The van der Waals surface area contributed by atoms with Crippen molar-refractivity contribution in [2.45, 2.75) is 52.9 Å². The number of hydrogen-bond acceptors (Lipinski definition) is 2. The van der Waals surface area contributed by atoms with E-state index in [0.29, 0.717) is 24.3 Å². The van der Waals surface area contributed by atoms with E-state index >= 15 is 0 Å². The monoisotopic (exact) mass is 284 g/mol. The van der Waals surface area contributed by atoms with E-state index in [9.17, 15) is 9.59 Å². The summed E-state index contributed by atoms with van der Waals surface area (Å²) in [6.07, 6.45) is 3.86. The second kappa shape index (κ2) is 7.50. The molecule has 2 amide bonds. The van der Waals surface area contributed by atoms with E-state index in [0.717, 1.165) is 25.9 Å². The molecule has 1 aliphatic rings. The first-order valence-corrected chi connectivity index (χ1v) is 7.55. The molecular formula is C15H28N2O3. The molecule has 1 unspecified atom stereocenters. The zero-order valence-electron chi connectivity index (χ0n) is 12.9. The number of carboxylic acids is 1. The van der Waals surface area contributed by atoms with Gasteiger partial charge in [-0.2, -0.15) is 0 Å². The highest BCUT2D eigenvalue weighted by Crippen LogP contribution is 2.34. The fourth-order valence-electron chi connectivity index (χ4n) is 2.71. The van der Waals surface area contributed by atoms with Gasteiger partial charge in [0.25, 0.3) is 0 Å². The van der Waals surface area contributed by atoms with Crippen molar-refractivity contribution in [3.05, 3.63) is 0 Å². The SMILES string of the molecule is CC(C)(C)C1CCCN(C(=O)NCCCC(=O)O)CC1. The summed E-state index contributed by atoms with van der Waals surface area (Å²) in [5.41, 5.74) is 0.300. The van der Waals surface area contributed by atoms with Crippen LogP contribution < -0.4 is 5.32 Å². The van der Waals surface area contributed by atoms with Gasteiger partial charge in [0.2, 0.25) is 0 Å². The molecule has 0 aliphatic carbocycles. The predicted molar refractivity (Wildman–Crippen MR) is 78.6 cm³/mol. The third kappa shape index (κ3) is 5.80. The van der Waals surface area contributed by atoms with Crippen LogP contribution in [0.3, 0.4) is 0 Å². The van der Waals surface area contributed by atoms with Crippen LogP contribution in [0.5, 0.6) is 0 Å². The Morgan fingerprint density at radius 1 is 1.25 bits per heavy atom. The number of likely N-dealkylation sites (tertiary alicyclic amines) is 1. The zero-order valence-corrected chi connectivity index (χ0v) is 12.9. The van der Waals surface area contributed by atoms with Gasteiger partial charge in [0.05, 0.1) is 0 Å². The largest absolute Gasteiger partial charge is 0.481 e. The molecule has 2 N–H and O–H groups in total. The summed E-state index contributed by atoms with van der Waals surface area (Å²) in [6.45, 7) is 8.83. The molecule has 5 nitrogen and oxygen atoms in total. The Morgan fingerprint density at radius 3 is 2.55 bits per heavy atom. The molecule has 1 atom stereocenters. The van der Waals surface area contributed by atoms with E-state index in [-0.39, 0.29) is 12.5 Å². The molecule has 0 aromatic heterocycles. The first kappa shape index (κ1) is 16.8. The summed E-state index contributed by atoms with van der Waals surface area (Å²) >= 11 is 0. The lowest BCUT2D eigenvalue weighted by Gasteiger charge is -2.29. The van der Waals surface area contributed by atoms with Crippen molar-refractivity contribution in [2.24, 2.45) is 11.3 Å². The molecular weight excluding hydrogens is 256 g/mol. The average Bonchev–Trinajstić information content (AvgIpc) is 2.59. The van der Waals surface area contributed by atoms with Crippen LogP contribution in [0.15, 0.2) is 0 Å². The van der Waals surface area contributed by atoms with Crippen LogP contribution in [0.2, 0.25) is 0 Å². The van der Waals surface area contributed by atoms with Crippen LogP contribution >= 0.6 is 0 Å². The zero-order chi connectivity index (χ0) is 15.2. The molecule has 1 rings (SSSR count). The summed E-state index contributed by atoms with van der Waals surface area (Å²) in [4.78, 5) is 24.3. The van der Waals surface area contributed by atoms with Gasteiger partial charge in [-0.25, -0.2) is 4.79 Å². The maximum Gasteiger partial charge on any atom is 0.317 e. The van der Waals surface area contributed by atoms with Crippen LogP contribution in [-0.4, -0.2) is 41.6 Å². The Hall–Kier alpha value is -1.26. The van der Waals surface area contributed by atoms with E-state index in [1.54, 1.807) is 0 Å². The molecule has 0 spiro atoms. The molecule has 0 aromatic carbocycles. The number of carboxylic acid groups (broad SMARTS) is 1. The number of carbonyl (C=O) groups excluding carboxylic acids is 1. The van der Waals surface area contributed by atoms with Crippen molar-refractivity contribution in [3.63, 3.8) is 0 Å². The van der Waals surface area contributed by atoms with E-state index in [1.165, 1.54) is 6.42 Å². The maximum absolute atomic E-state index is 12.0. The molecule has 0 aromatic rings. The third-order valence-corrected chi connectivity index (χ3v) is 4.08. The van der Waals surface area contributed by atoms with E-state index < -0.39 is 5.97 Å². The Kier molecular flexibility index (Phi) is 6.30. The lowest BCUT2D eigenvalue weighted by Crippen LogP contribution is -2.41. The second-order valence-electron chi connectivity index (χ2n) is 6.71. The lowest BCUT2D eigenvalue weighted by atomic mass is 9.77. The highest BCUT2D eigenvalue weighted by Gasteiger charge is 2.28. The predicted octanol–water partition coefficient (Wildman–Crippen LogP) is 2.71. The van der Waals surface area contributed by atoms with Crippen molar-refractivity contribution in [3.8, 4) is 0 Å². The summed E-state index contributed by atoms with van der Waals surface area (Å²) in [5, 5.41) is 11.4. The molecule has 1 heterocycles. The third-order valence-electron chi connectivity index (χ3n) is 4.08. The molecule has 0 saturated carbocycles. The summed E-state index contributed by atoms with van der Waals surface area (Å²) in [7, 11) is 0. The molecule has 1 aliphatic heterocycles. The molecule has 116 valence electrons. The van der Waals surface area contributed by atoms with Gasteiger partial charge in [-0.15, -0.1) is 0 Å². The number of rotatable bonds is 4. The van der Waals surface area contributed by atoms with E-state index in [4.69, 9.17) is 5.11 Å². The first-order valence-electron chi connectivity index (χ1n) is 7.55. The number of nitrogens with one attached hydrogen (secondary N) is 1. The van der Waals surface area contributed by atoms with Gasteiger partial charge >= 0.3 is 12.0 Å². The topological polar surface area (TPSA) is 69.6 Å². The van der Waals surface area contributed by atoms with Gasteiger partial charge in [0, 0.05) is 26.1 Å². The Morgan fingerprint density at radius 2 is 1.95 bits per heavy atom. The maximum atomic E-state index is 12.0. The van der Waals surface area contributed by atoms with Gasteiger partial charge < -0.3 is 15.3 Å². The minimum Gasteiger partial charge on any atom is -0.481 e. The van der Waals surface area contributed by atoms with Gasteiger partial charge in [-0.05, 0) is 37.0 Å². The molecule has 20 heavy (non-hydrogen) atoms. The number of aliphatic carboxylic acids is 1. The fourth-order valence-corrected chi connectivity index (χ4v) is 2.71. The smallest absolute Gasteiger partial charge is 0.317 e. The van der Waals surface area contributed by atoms with Crippen LogP contribution in [-0.2, 0) is 4.79 Å². The molecule has 1 fully saturated rings. The second-order valence-corrected chi connectivity index (χ2v) is 6.71. The molecule has 0 bridgehead atoms. The van der Waals surface area contributed by atoms with Gasteiger partial charge in [-0.3, -0.25) is 4.79 Å². The van der Waals surface area contributed by atoms with Gasteiger partial charge in [-0.1, -0.05) is 20.8 Å². The minimum atomic E-state index is -0.818. The highest BCUT2D eigenvalue weighted by molar-refractivity contribution is 5.74. The number of nitrogens with zero attached hydrogens (tertiary/aromatic N) is 1. The average molecular weight is 284 g/mol. The number of urea groups is 1. The van der Waals surface area contributed by atoms with Crippen molar-refractivity contribution < 1.29 is 14.7 Å². The standard InChI is InChI=1S/C15H28N2O3/c1-15(2,3)12-6-5-10-17(11-8-12)14(20)16-9-4-7-13(18)19/h12H,4-11H2,1-3H3,(H,16,20)(H,18,19).